The first-order valence-corrected chi connectivity index (χ1v) is 17.8. The van der Waals surface area contributed by atoms with Crippen LogP contribution in [0.5, 0.6) is 0 Å². The molecule has 0 bridgehead atoms. The molecule has 6 heteroatoms. The number of thiazole rings is 1. The number of para-hydroxylation sites is 1. The van der Waals surface area contributed by atoms with Crippen molar-refractivity contribution < 1.29 is 8.83 Å². The first kappa shape index (κ1) is 27.0. The van der Waals surface area contributed by atoms with Crippen LogP contribution in [0.15, 0.2) is 154 Å². The summed E-state index contributed by atoms with van der Waals surface area (Å²) < 4.78 is 16.4. The lowest BCUT2D eigenvalue weighted by molar-refractivity contribution is 0.669. The summed E-state index contributed by atoms with van der Waals surface area (Å²) in [6.45, 7) is 0. The summed E-state index contributed by atoms with van der Waals surface area (Å²) in [5.74, 6) is 0. The Morgan fingerprint density at radius 1 is 0.429 bits per heavy atom. The van der Waals surface area contributed by atoms with Crippen LogP contribution in [0, 0.1) is 0 Å². The minimum Gasteiger partial charge on any atom is -0.456 e. The van der Waals surface area contributed by atoms with Gasteiger partial charge in [-0.05, 0) is 72.8 Å². The van der Waals surface area contributed by atoms with Gasteiger partial charge in [0, 0.05) is 59.0 Å². The highest BCUT2D eigenvalue weighted by atomic mass is 32.1. The van der Waals surface area contributed by atoms with E-state index in [4.69, 9.17) is 13.8 Å². The summed E-state index contributed by atoms with van der Waals surface area (Å²) in [4.78, 5) is 7.52. The van der Waals surface area contributed by atoms with E-state index in [1.54, 1.807) is 11.3 Å². The van der Waals surface area contributed by atoms with Crippen molar-refractivity contribution in [2.45, 2.75) is 0 Å². The molecule has 0 atom stereocenters. The Hall–Kier alpha value is -5.95. The molecular weight excluding hydrogens is 641 g/mol. The van der Waals surface area contributed by atoms with Crippen LogP contribution < -0.4 is 4.90 Å². The van der Waals surface area contributed by atoms with Gasteiger partial charge in [-0.2, -0.15) is 0 Å². The van der Waals surface area contributed by atoms with Gasteiger partial charge in [0.15, 0.2) is 0 Å². The van der Waals surface area contributed by atoms with E-state index in [1.165, 1.54) is 20.2 Å². The predicted octanol–water partition coefficient (Wildman–Crippen LogP) is 13.6. The predicted molar refractivity (Wildman–Crippen MR) is 207 cm³/mol. The van der Waals surface area contributed by atoms with Crippen LogP contribution in [0.4, 0.5) is 17.1 Å². The van der Waals surface area contributed by atoms with Gasteiger partial charge in [0.25, 0.3) is 0 Å². The van der Waals surface area contributed by atoms with Gasteiger partial charge in [-0.25, -0.2) is 4.98 Å². The number of nitrogens with zero attached hydrogens (tertiary/aromatic N) is 2. The Morgan fingerprint density at radius 2 is 1.06 bits per heavy atom. The molecule has 0 aliphatic rings. The molecule has 7 aromatic carbocycles. The van der Waals surface area contributed by atoms with Crippen LogP contribution in [-0.2, 0) is 0 Å². The van der Waals surface area contributed by atoms with E-state index in [9.17, 15) is 0 Å². The quantitative estimate of drug-likeness (QED) is 0.188. The van der Waals surface area contributed by atoms with Gasteiger partial charge in [-0.1, -0.05) is 72.8 Å². The third-order valence-electron chi connectivity index (χ3n) is 9.49. The lowest BCUT2D eigenvalue weighted by Gasteiger charge is -2.25. The molecule has 230 valence electrons. The topological polar surface area (TPSA) is 42.4 Å². The highest BCUT2D eigenvalue weighted by molar-refractivity contribution is 7.25. The zero-order chi connectivity index (χ0) is 32.1. The number of hydrogen-bond acceptors (Lipinski definition) is 6. The number of hydrogen-bond donors (Lipinski definition) is 0. The zero-order valence-corrected chi connectivity index (χ0v) is 27.5. The summed E-state index contributed by atoms with van der Waals surface area (Å²) >= 11 is 3.55. The largest absolute Gasteiger partial charge is 0.456 e. The Bertz CT molecular complexity index is 3080. The minimum atomic E-state index is 0.842. The fraction of sp³-hybridized carbons (Fsp3) is 0. The van der Waals surface area contributed by atoms with Crippen LogP contribution in [-0.4, -0.2) is 4.98 Å². The maximum Gasteiger partial charge on any atom is 0.137 e. The fourth-order valence-electron chi connectivity index (χ4n) is 7.24. The van der Waals surface area contributed by atoms with Crippen molar-refractivity contribution in [2.75, 3.05) is 4.90 Å². The number of fused-ring (bicyclic) bond motifs is 11. The van der Waals surface area contributed by atoms with Gasteiger partial charge in [-0.3, -0.25) is 0 Å². The van der Waals surface area contributed by atoms with Crippen LogP contribution in [0.1, 0.15) is 0 Å². The molecule has 0 amide bonds. The summed E-state index contributed by atoms with van der Waals surface area (Å²) in [5, 5.41) is 7.86. The molecule has 4 nitrogen and oxygen atoms in total. The first-order valence-electron chi connectivity index (χ1n) is 16.2. The minimum absolute atomic E-state index is 0.842. The van der Waals surface area contributed by atoms with Crippen LogP contribution >= 0.6 is 22.7 Å². The van der Waals surface area contributed by atoms with E-state index >= 15 is 0 Å². The van der Waals surface area contributed by atoms with E-state index in [2.05, 4.69) is 132 Å². The van der Waals surface area contributed by atoms with E-state index in [0.29, 0.717) is 0 Å². The molecule has 0 aliphatic carbocycles. The van der Waals surface area contributed by atoms with Gasteiger partial charge < -0.3 is 13.7 Å². The molecule has 0 saturated carbocycles. The molecule has 11 aromatic rings. The normalized spacial score (nSPS) is 12.1. The Morgan fingerprint density at radius 3 is 1.94 bits per heavy atom. The number of aromatic nitrogens is 1. The molecule has 0 saturated heterocycles. The van der Waals surface area contributed by atoms with Gasteiger partial charge in [0.2, 0.25) is 0 Å². The SMILES string of the molecule is c1ccc(-c2nc3c(ccc4oc5ccc(N(c6ccc7c(c6)sc6ccccc67)c6ccc7oc8ccccc8c7c6)cc5c43)s2)cc1. The van der Waals surface area contributed by atoms with Crippen molar-refractivity contribution in [3.05, 3.63) is 146 Å². The molecule has 0 N–H and O–H groups in total. The Balaban J connectivity index is 1.16. The third-order valence-corrected chi connectivity index (χ3v) is 11.7. The number of benzene rings is 7. The van der Waals surface area contributed by atoms with E-state index in [1.807, 2.05) is 29.5 Å². The van der Waals surface area contributed by atoms with Gasteiger partial charge in [0.1, 0.15) is 27.3 Å². The van der Waals surface area contributed by atoms with E-state index in [-0.39, 0.29) is 0 Å². The number of thiophene rings is 1. The van der Waals surface area contributed by atoms with Crippen molar-refractivity contribution >= 4 is 114 Å². The molecule has 0 aliphatic heterocycles. The second-order valence-corrected chi connectivity index (χ2v) is 14.5. The van der Waals surface area contributed by atoms with E-state index < -0.39 is 0 Å². The first-order chi connectivity index (χ1) is 24.2. The standard InChI is InChI=1S/C43H24N2O2S2/c1-2-8-25(9-3-1)43-44-42-39(49-43)21-20-37-41(42)33-23-27(16-19-36(33)47-37)45(26-15-18-35-32(22-26)29-10-4-6-12-34(29)46-35)28-14-17-31-30-11-5-7-13-38(30)48-40(31)24-28/h1-24H. The lowest BCUT2D eigenvalue weighted by Crippen LogP contribution is -2.09. The molecule has 11 rings (SSSR count). The molecular formula is C43H24N2O2S2. The average Bonchev–Trinajstić information content (AvgIpc) is 3.92. The molecule has 49 heavy (non-hydrogen) atoms. The van der Waals surface area contributed by atoms with Crippen molar-refractivity contribution in [1.82, 2.24) is 4.98 Å². The number of furan rings is 2. The van der Waals surface area contributed by atoms with Crippen molar-refractivity contribution in [3.63, 3.8) is 0 Å². The monoisotopic (exact) mass is 664 g/mol. The van der Waals surface area contributed by atoms with Crippen molar-refractivity contribution in [1.29, 1.82) is 0 Å². The Labute approximate surface area is 287 Å². The zero-order valence-electron chi connectivity index (χ0n) is 25.9. The molecule has 0 radical (unpaired) electrons. The van der Waals surface area contributed by atoms with Crippen LogP contribution in [0.25, 0.3) is 84.8 Å². The molecule has 4 heterocycles. The van der Waals surface area contributed by atoms with Crippen molar-refractivity contribution in [2.24, 2.45) is 0 Å². The average molecular weight is 665 g/mol. The maximum atomic E-state index is 6.44. The van der Waals surface area contributed by atoms with E-state index in [0.717, 1.165) is 81.7 Å². The van der Waals surface area contributed by atoms with Gasteiger partial charge in [-0.15, -0.1) is 22.7 Å². The summed E-state index contributed by atoms with van der Waals surface area (Å²) in [6.07, 6.45) is 0. The molecule has 0 unspecified atom stereocenters. The summed E-state index contributed by atoms with van der Waals surface area (Å²) in [6, 6.07) is 51.3. The molecule has 4 aromatic heterocycles. The van der Waals surface area contributed by atoms with Crippen molar-refractivity contribution in [3.8, 4) is 10.6 Å². The highest BCUT2D eigenvalue weighted by Gasteiger charge is 2.20. The van der Waals surface area contributed by atoms with Crippen LogP contribution in [0.2, 0.25) is 0 Å². The molecule has 0 fully saturated rings. The lowest BCUT2D eigenvalue weighted by atomic mass is 10.1. The smallest absolute Gasteiger partial charge is 0.137 e. The number of anilines is 3. The highest BCUT2D eigenvalue weighted by Crippen LogP contribution is 2.45. The fourth-order valence-corrected chi connectivity index (χ4v) is 9.36. The maximum absolute atomic E-state index is 6.44. The summed E-state index contributed by atoms with van der Waals surface area (Å²) in [7, 11) is 0. The van der Waals surface area contributed by atoms with Gasteiger partial charge >= 0.3 is 0 Å². The molecule has 0 spiro atoms. The Kier molecular flexibility index (Phi) is 5.67. The van der Waals surface area contributed by atoms with Crippen LogP contribution in [0.3, 0.4) is 0 Å². The number of rotatable bonds is 4. The second kappa shape index (κ2) is 10.3. The third kappa shape index (κ3) is 4.11. The second-order valence-electron chi connectivity index (χ2n) is 12.3. The summed E-state index contributed by atoms with van der Waals surface area (Å²) in [5.41, 5.74) is 8.73. The van der Waals surface area contributed by atoms with Gasteiger partial charge in [0.05, 0.1) is 15.6 Å².